The maximum Gasteiger partial charge on any atom is 0.232 e. The Hall–Kier alpha value is -1.36. The van der Waals surface area contributed by atoms with Crippen LogP contribution in [0.25, 0.3) is 0 Å². The highest BCUT2D eigenvalue weighted by Gasteiger charge is 2.11. The zero-order chi connectivity index (χ0) is 13.8. The van der Waals surface area contributed by atoms with E-state index in [-0.39, 0.29) is 11.5 Å². The van der Waals surface area contributed by atoms with Crippen LogP contribution in [0.5, 0.6) is 0 Å². The van der Waals surface area contributed by atoms with E-state index in [0.29, 0.717) is 23.6 Å². The van der Waals surface area contributed by atoms with Gasteiger partial charge in [-0.05, 0) is 43.5 Å². The summed E-state index contributed by atoms with van der Waals surface area (Å²) in [5.41, 5.74) is 1.06. The van der Waals surface area contributed by atoms with Crippen LogP contribution in [-0.2, 0) is 10.0 Å². The Balaban J connectivity index is 2.69. The fraction of sp³-hybridized carbons (Fsp3) is 0.462. The van der Waals surface area contributed by atoms with Gasteiger partial charge in [-0.2, -0.15) is 0 Å². The van der Waals surface area contributed by atoms with Crippen LogP contribution in [0.1, 0.15) is 37.6 Å². The number of carbonyl (C=O) groups excluding carboxylic acids is 1. The highest BCUT2D eigenvalue weighted by atomic mass is 32.2. The third kappa shape index (κ3) is 4.87. The van der Waals surface area contributed by atoms with Gasteiger partial charge in [0, 0.05) is 11.3 Å². The first-order valence-corrected chi connectivity index (χ1v) is 7.57. The molecule has 0 saturated carbocycles. The van der Waals surface area contributed by atoms with Crippen molar-refractivity contribution >= 4 is 21.5 Å². The first-order valence-electron chi connectivity index (χ1n) is 5.91. The van der Waals surface area contributed by atoms with Gasteiger partial charge in [0.1, 0.15) is 0 Å². The largest absolute Gasteiger partial charge is 0.295 e. The highest BCUT2D eigenvalue weighted by molar-refractivity contribution is 7.92. The number of rotatable bonds is 6. The van der Waals surface area contributed by atoms with E-state index in [0.717, 1.165) is 0 Å². The quantitative estimate of drug-likeness (QED) is 0.808. The Kier molecular flexibility index (Phi) is 4.90. The van der Waals surface area contributed by atoms with Gasteiger partial charge in [-0.25, -0.2) is 8.42 Å². The number of sulfonamides is 1. The van der Waals surface area contributed by atoms with Crippen molar-refractivity contribution in [2.75, 3.05) is 10.5 Å². The van der Waals surface area contributed by atoms with Crippen molar-refractivity contribution in [2.24, 2.45) is 5.92 Å². The number of Topliss-reactive ketones (excluding diaryl/α,β-unsaturated/α-hetero) is 1. The van der Waals surface area contributed by atoms with Crippen LogP contribution in [0.15, 0.2) is 24.3 Å². The van der Waals surface area contributed by atoms with Crippen LogP contribution < -0.4 is 4.72 Å². The molecular weight excluding hydrogens is 250 g/mol. The molecule has 1 aromatic rings. The zero-order valence-electron chi connectivity index (χ0n) is 10.9. The van der Waals surface area contributed by atoms with Gasteiger partial charge in [-0.1, -0.05) is 13.8 Å². The van der Waals surface area contributed by atoms with Crippen molar-refractivity contribution < 1.29 is 13.2 Å². The second-order valence-electron chi connectivity index (χ2n) is 4.74. The van der Waals surface area contributed by atoms with E-state index in [1.165, 1.54) is 6.92 Å². The Bertz CT molecular complexity index is 504. The molecule has 0 bridgehead atoms. The lowest BCUT2D eigenvalue weighted by Crippen LogP contribution is -2.17. The molecule has 5 heteroatoms. The van der Waals surface area contributed by atoms with E-state index in [9.17, 15) is 13.2 Å². The molecule has 0 fully saturated rings. The van der Waals surface area contributed by atoms with Crippen molar-refractivity contribution in [2.45, 2.75) is 27.2 Å². The maximum absolute atomic E-state index is 11.7. The summed E-state index contributed by atoms with van der Waals surface area (Å²) in [6.45, 7) is 5.44. The summed E-state index contributed by atoms with van der Waals surface area (Å²) in [5.74, 6) is 0.421. The Morgan fingerprint density at radius 2 is 1.78 bits per heavy atom. The number of hydrogen-bond acceptors (Lipinski definition) is 3. The average Bonchev–Trinajstić information content (AvgIpc) is 2.27. The predicted octanol–water partition coefficient (Wildman–Crippen LogP) is 2.68. The third-order valence-electron chi connectivity index (χ3n) is 2.53. The fourth-order valence-corrected chi connectivity index (χ4v) is 2.77. The second-order valence-corrected chi connectivity index (χ2v) is 6.58. The summed E-state index contributed by atoms with van der Waals surface area (Å²) in [4.78, 5) is 11.1. The molecule has 100 valence electrons. The lowest BCUT2D eigenvalue weighted by molar-refractivity contribution is 0.101. The van der Waals surface area contributed by atoms with Gasteiger partial charge < -0.3 is 0 Å². The summed E-state index contributed by atoms with van der Waals surface area (Å²) < 4.78 is 26.0. The van der Waals surface area contributed by atoms with E-state index in [2.05, 4.69) is 4.72 Å². The van der Waals surface area contributed by atoms with Gasteiger partial charge in [0.15, 0.2) is 5.78 Å². The molecule has 0 radical (unpaired) electrons. The van der Waals surface area contributed by atoms with Crippen molar-refractivity contribution in [3.05, 3.63) is 29.8 Å². The van der Waals surface area contributed by atoms with Gasteiger partial charge in [0.05, 0.1) is 5.75 Å². The number of ketones is 1. The molecule has 0 heterocycles. The topological polar surface area (TPSA) is 63.2 Å². The predicted molar refractivity (Wildman–Crippen MR) is 73.3 cm³/mol. The third-order valence-corrected chi connectivity index (χ3v) is 3.85. The molecule has 18 heavy (non-hydrogen) atoms. The summed E-state index contributed by atoms with van der Waals surface area (Å²) in [6.07, 6.45) is 0.626. The lowest BCUT2D eigenvalue weighted by atomic mass is 10.1. The zero-order valence-corrected chi connectivity index (χ0v) is 11.8. The van der Waals surface area contributed by atoms with Crippen LogP contribution in [-0.4, -0.2) is 20.0 Å². The molecule has 1 rings (SSSR count). The van der Waals surface area contributed by atoms with Gasteiger partial charge in [-0.3, -0.25) is 9.52 Å². The normalized spacial score (nSPS) is 11.6. The van der Waals surface area contributed by atoms with Crippen molar-refractivity contribution in [1.82, 2.24) is 0 Å². The van der Waals surface area contributed by atoms with Crippen LogP contribution >= 0.6 is 0 Å². The first kappa shape index (κ1) is 14.7. The molecule has 1 aromatic carbocycles. The molecule has 1 N–H and O–H groups in total. The summed E-state index contributed by atoms with van der Waals surface area (Å²) >= 11 is 0. The molecule has 0 atom stereocenters. The van der Waals surface area contributed by atoms with E-state index < -0.39 is 10.0 Å². The lowest BCUT2D eigenvalue weighted by Gasteiger charge is -2.09. The smallest absolute Gasteiger partial charge is 0.232 e. The molecule has 4 nitrogen and oxygen atoms in total. The van der Waals surface area contributed by atoms with Gasteiger partial charge >= 0.3 is 0 Å². The molecular formula is C13H19NO3S. The van der Waals surface area contributed by atoms with Gasteiger partial charge in [-0.15, -0.1) is 0 Å². The SMILES string of the molecule is CC(=O)c1ccc(NS(=O)(=O)CCC(C)C)cc1. The molecule has 0 aromatic heterocycles. The van der Waals surface area contributed by atoms with Gasteiger partial charge in [0.2, 0.25) is 10.0 Å². The Morgan fingerprint density at radius 3 is 2.22 bits per heavy atom. The average molecular weight is 269 g/mol. The Labute approximate surface area is 108 Å². The van der Waals surface area contributed by atoms with Crippen LogP contribution in [0, 0.1) is 5.92 Å². The fourth-order valence-electron chi connectivity index (χ4n) is 1.39. The molecule has 0 amide bonds. The molecule has 0 spiro atoms. The minimum Gasteiger partial charge on any atom is -0.295 e. The number of carbonyl (C=O) groups is 1. The standard InChI is InChI=1S/C13H19NO3S/c1-10(2)8-9-18(16,17)14-13-6-4-12(5-7-13)11(3)15/h4-7,10,14H,8-9H2,1-3H3. The van der Waals surface area contributed by atoms with E-state index >= 15 is 0 Å². The summed E-state index contributed by atoms with van der Waals surface area (Å²) in [5, 5.41) is 0. The monoisotopic (exact) mass is 269 g/mol. The van der Waals surface area contributed by atoms with Crippen LogP contribution in [0.4, 0.5) is 5.69 Å². The van der Waals surface area contributed by atoms with Crippen LogP contribution in [0.2, 0.25) is 0 Å². The van der Waals surface area contributed by atoms with Gasteiger partial charge in [0.25, 0.3) is 0 Å². The molecule has 0 aliphatic heterocycles. The van der Waals surface area contributed by atoms with E-state index in [1.807, 2.05) is 13.8 Å². The van der Waals surface area contributed by atoms with Crippen LogP contribution in [0.3, 0.4) is 0 Å². The number of nitrogens with one attached hydrogen (secondary N) is 1. The second kappa shape index (κ2) is 6.00. The summed E-state index contributed by atoms with van der Waals surface area (Å²) in [6, 6.07) is 6.43. The number of anilines is 1. The maximum atomic E-state index is 11.7. The molecule has 0 aliphatic rings. The molecule has 0 saturated heterocycles. The van der Waals surface area contributed by atoms with E-state index in [1.54, 1.807) is 24.3 Å². The Morgan fingerprint density at radius 1 is 1.22 bits per heavy atom. The van der Waals surface area contributed by atoms with E-state index in [4.69, 9.17) is 0 Å². The van der Waals surface area contributed by atoms with Crippen molar-refractivity contribution in [1.29, 1.82) is 0 Å². The minimum absolute atomic E-state index is 0.0378. The molecule has 0 unspecified atom stereocenters. The first-order chi connectivity index (χ1) is 8.30. The summed E-state index contributed by atoms with van der Waals surface area (Å²) in [7, 11) is -3.30. The highest BCUT2D eigenvalue weighted by Crippen LogP contribution is 2.13. The molecule has 0 aliphatic carbocycles. The number of benzene rings is 1. The van der Waals surface area contributed by atoms with Crippen molar-refractivity contribution in [3.63, 3.8) is 0 Å². The minimum atomic E-state index is -3.30. The van der Waals surface area contributed by atoms with Crippen molar-refractivity contribution in [3.8, 4) is 0 Å². The number of hydrogen-bond donors (Lipinski definition) is 1.